The minimum absolute atomic E-state index is 0.0941. The average molecular weight is 492 g/mol. The zero-order valence-corrected chi connectivity index (χ0v) is 20.2. The highest BCUT2D eigenvalue weighted by molar-refractivity contribution is 6.04. The minimum Gasteiger partial charge on any atom is -0.307 e. The lowest BCUT2D eigenvalue weighted by atomic mass is 10.0. The van der Waals surface area contributed by atoms with Gasteiger partial charge in [-0.1, -0.05) is 31.8 Å². The highest BCUT2D eigenvalue weighted by atomic mass is 19.4. The van der Waals surface area contributed by atoms with E-state index in [1.165, 1.54) is 18.3 Å². The third-order valence-corrected chi connectivity index (χ3v) is 5.43. The SMILES string of the molecule is CC(C)C1=c2cc(C#Cc3ccnc(NC(=O)c4ccc(CN(C)C)c(C(F)(F)F)c4)c3)cnc2=N1. The third-order valence-electron chi connectivity index (χ3n) is 5.43. The molecule has 0 spiro atoms. The highest BCUT2D eigenvalue weighted by Crippen LogP contribution is 2.33. The Hall–Kier alpha value is -4.03. The van der Waals surface area contributed by atoms with Crippen LogP contribution < -0.4 is 16.0 Å². The van der Waals surface area contributed by atoms with E-state index in [-0.39, 0.29) is 23.5 Å². The molecule has 0 fully saturated rings. The van der Waals surface area contributed by atoms with Gasteiger partial charge in [0.05, 0.1) is 11.3 Å². The first-order chi connectivity index (χ1) is 17.0. The standard InChI is InChI=1S/C27H24F3N5O/c1-16(2)24-21-11-18(14-32-25(21)34-24)6-5-17-9-10-31-23(12-17)33-26(36)19-7-8-20(15-35(3)4)22(13-19)27(28,29)30/h7-14,16H,15H2,1-4H3,(H,31,33,36). The van der Waals surface area contributed by atoms with Gasteiger partial charge in [0.15, 0.2) is 5.49 Å². The maximum absolute atomic E-state index is 13.6. The second-order valence-corrected chi connectivity index (χ2v) is 8.99. The zero-order chi connectivity index (χ0) is 26.0. The molecular formula is C27H24F3N5O. The van der Waals surface area contributed by atoms with Crippen LogP contribution in [-0.4, -0.2) is 34.9 Å². The van der Waals surface area contributed by atoms with Crippen LogP contribution >= 0.6 is 0 Å². The number of halogens is 3. The maximum Gasteiger partial charge on any atom is 0.416 e. The van der Waals surface area contributed by atoms with Gasteiger partial charge in [-0.05, 0) is 55.9 Å². The number of hydrogen-bond donors (Lipinski definition) is 1. The molecule has 0 atom stereocenters. The zero-order valence-electron chi connectivity index (χ0n) is 20.2. The first-order valence-corrected chi connectivity index (χ1v) is 11.2. The summed E-state index contributed by atoms with van der Waals surface area (Å²) in [4.78, 5) is 27.1. The van der Waals surface area contributed by atoms with E-state index in [1.807, 2.05) is 6.07 Å². The van der Waals surface area contributed by atoms with Crippen LogP contribution in [0, 0.1) is 17.8 Å². The van der Waals surface area contributed by atoms with Crippen LogP contribution in [-0.2, 0) is 12.7 Å². The molecule has 2 aromatic heterocycles. The summed E-state index contributed by atoms with van der Waals surface area (Å²) in [5.74, 6) is 5.84. The van der Waals surface area contributed by atoms with E-state index < -0.39 is 17.6 Å². The number of anilines is 1. The molecule has 3 aromatic rings. The predicted octanol–water partition coefficient (Wildman–Crippen LogP) is 3.61. The lowest BCUT2D eigenvalue weighted by molar-refractivity contribution is -0.138. The molecule has 0 bridgehead atoms. The lowest BCUT2D eigenvalue weighted by Crippen LogP contribution is -2.39. The quantitative estimate of drug-likeness (QED) is 0.554. The van der Waals surface area contributed by atoms with Gasteiger partial charge >= 0.3 is 6.18 Å². The molecule has 1 aromatic carbocycles. The Morgan fingerprint density at radius 1 is 1.06 bits per heavy atom. The van der Waals surface area contributed by atoms with Crippen LogP contribution in [0.3, 0.4) is 0 Å². The molecule has 9 heteroatoms. The molecule has 1 amide bonds. The molecule has 1 N–H and O–H groups in total. The van der Waals surface area contributed by atoms with Crippen LogP contribution in [0.15, 0.2) is 53.8 Å². The van der Waals surface area contributed by atoms with Gasteiger partial charge in [0.2, 0.25) is 0 Å². The van der Waals surface area contributed by atoms with Crippen LogP contribution in [0.1, 0.15) is 46.5 Å². The van der Waals surface area contributed by atoms with Gasteiger partial charge in [0.25, 0.3) is 5.91 Å². The number of nitrogens with zero attached hydrogens (tertiary/aromatic N) is 4. The first kappa shape index (κ1) is 25.1. The van der Waals surface area contributed by atoms with E-state index in [0.717, 1.165) is 22.5 Å². The number of benzene rings is 1. The van der Waals surface area contributed by atoms with Crippen molar-refractivity contribution in [3.8, 4) is 11.8 Å². The van der Waals surface area contributed by atoms with Crippen LogP contribution in [0.5, 0.6) is 0 Å². The number of nitrogens with one attached hydrogen (secondary N) is 1. The minimum atomic E-state index is -4.58. The summed E-state index contributed by atoms with van der Waals surface area (Å²) in [7, 11) is 3.36. The summed E-state index contributed by atoms with van der Waals surface area (Å²) in [6, 6.07) is 8.75. The van der Waals surface area contributed by atoms with Crippen molar-refractivity contribution in [2.45, 2.75) is 26.6 Å². The molecule has 1 aliphatic heterocycles. The second kappa shape index (κ2) is 9.91. The number of alkyl halides is 3. The number of fused-ring (bicyclic) bond motifs is 1. The monoisotopic (exact) mass is 491 g/mol. The Morgan fingerprint density at radius 2 is 1.81 bits per heavy atom. The Kier molecular flexibility index (Phi) is 6.91. The van der Waals surface area contributed by atoms with E-state index in [9.17, 15) is 18.0 Å². The van der Waals surface area contributed by atoms with Crippen LogP contribution in [0.25, 0.3) is 5.70 Å². The molecule has 3 heterocycles. The number of pyridine rings is 2. The molecule has 0 saturated carbocycles. The first-order valence-electron chi connectivity index (χ1n) is 11.2. The molecule has 1 aliphatic rings. The van der Waals surface area contributed by atoms with Crippen molar-refractivity contribution in [3.05, 3.63) is 87.3 Å². The topological polar surface area (TPSA) is 70.5 Å². The van der Waals surface area contributed by atoms with Crippen molar-refractivity contribution in [3.63, 3.8) is 0 Å². The summed E-state index contributed by atoms with van der Waals surface area (Å²) in [6.45, 7) is 4.23. The Morgan fingerprint density at radius 3 is 2.50 bits per heavy atom. The van der Waals surface area contributed by atoms with Gasteiger partial charge in [-0.3, -0.25) is 4.79 Å². The fraction of sp³-hybridized carbons (Fsp3) is 0.259. The molecule has 0 unspecified atom stereocenters. The summed E-state index contributed by atoms with van der Waals surface area (Å²) >= 11 is 0. The molecule has 4 rings (SSSR count). The third kappa shape index (κ3) is 5.61. The summed E-state index contributed by atoms with van der Waals surface area (Å²) in [5.41, 5.74) is 2.16. The van der Waals surface area contributed by atoms with E-state index in [1.54, 1.807) is 37.3 Å². The normalized spacial score (nSPS) is 12.4. The van der Waals surface area contributed by atoms with Gasteiger partial charge < -0.3 is 10.2 Å². The fourth-order valence-corrected chi connectivity index (χ4v) is 3.73. The van der Waals surface area contributed by atoms with Crippen molar-refractivity contribution >= 4 is 17.4 Å². The Bertz CT molecular complexity index is 1510. The summed E-state index contributed by atoms with van der Waals surface area (Å²) in [6.07, 6.45) is -1.46. The Balaban J connectivity index is 1.54. The molecule has 0 saturated heterocycles. The van der Waals surface area contributed by atoms with Gasteiger partial charge in [-0.15, -0.1) is 0 Å². The van der Waals surface area contributed by atoms with Crippen molar-refractivity contribution in [2.75, 3.05) is 19.4 Å². The van der Waals surface area contributed by atoms with E-state index >= 15 is 0 Å². The van der Waals surface area contributed by atoms with E-state index in [4.69, 9.17) is 0 Å². The van der Waals surface area contributed by atoms with E-state index in [2.05, 4.69) is 46.0 Å². The maximum atomic E-state index is 13.6. The van der Waals surface area contributed by atoms with Gasteiger partial charge in [-0.25, -0.2) is 15.0 Å². The van der Waals surface area contributed by atoms with Crippen LogP contribution in [0.2, 0.25) is 0 Å². The smallest absolute Gasteiger partial charge is 0.307 e. The summed E-state index contributed by atoms with van der Waals surface area (Å²) in [5, 5.41) is 3.55. The van der Waals surface area contributed by atoms with Crippen LogP contribution in [0.4, 0.5) is 19.0 Å². The van der Waals surface area contributed by atoms with Crippen molar-refractivity contribution in [2.24, 2.45) is 10.9 Å². The van der Waals surface area contributed by atoms with E-state index in [0.29, 0.717) is 17.0 Å². The van der Waals surface area contributed by atoms with Gasteiger partial charge in [0.1, 0.15) is 5.82 Å². The predicted molar refractivity (Wildman–Crippen MR) is 130 cm³/mol. The highest BCUT2D eigenvalue weighted by Gasteiger charge is 2.34. The van der Waals surface area contributed by atoms with Gasteiger partial charge in [-0.2, -0.15) is 13.2 Å². The van der Waals surface area contributed by atoms with Crippen molar-refractivity contribution in [1.29, 1.82) is 0 Å². The molecule has 0 radical (unpaired) electrons. The molecule has 0 aliphatic carbocycles. The number of amides is 1. The lowest BCUT2D eigenvalue weighted by Gasteiger charge is -2.17. The molecule has 6 nitrogen and oxygen atoms in total. The van der Waals surface area contributed by atoms with Crippen molar-refractivity contribution in [1.82, 2.24) is 14.9 Å². The number of aromatic nitrogens is 2. The average Bonchev–Trinajstić information content (AvgIpc) is 2.78. The molecule has 36 heavy (non-hydrogen) atoms. The number of rotatable bonds is 5. The molecular weight excluding hydrogens is 467 g/mol. The largest absolute Gasteiger partial charge is 0.416 e. The molecule has 184 valence electrons. The number of hydrogen-bond acceptors (Lipinski definition) is 5. The summed E-state index contributed by atoms with van der Waals surface area (Å²) < 4.78 is 40.7. The fourth-order valence-electron chi connectivity index (χ4n) is 3.73. The van der Waals surface area contributed by atoms with Crippen molar-refractivity contribution < 1.29 is 18.0 Å². The number of carbonyl (C=O) groups is 1. The second-order valence-electron chi connectivity index (χ2n) is 8.99. The van der Waals surface area contributed by atoms with Gasteiger partial charge in [0, 0.05) is 40.8 Å². The Labute approximate surface area is 206 Å². The number of carbonyl (C=O) groups excluding carboxylic acids is 1.